The highest BCUT2D eigenvalue weighted by Gasteiger charge is 1.96. The van der Waals surface area contributed by atoms with Crippen molar-refractivity contribution >= 4 is 11.9 Å². The topological polar surface area (TPSA) is 79.5 Å². The first-order valence-corrected chi connectivity index (χ1v) is 3.37. The number of rotatable bonds is 3. The van der Waals surface area contributed by atoms with Crippen molar-refractivity contribution in [3.05, 3.63) is 0 Å². The minimum Gasteiger partial charge on any atom is -0.370 e. The summed E-state index contributed by atoms with van der Waals surface area (Å²) in [4.78, 5) is 14.3. The number of nitrogens with zero attached hydrogens (tertiary/aromatic N) is 1. The van der Waals surface area contributed by atoms with Gasteiger partial charge in [0.1, 0.15) is 0 Å². The molecule has 5 heteroatoms. The third kappa shape index (κ3) is 5.20. The van der Waals surface area contributed by atoms with E-state index >= 15 is 0 Å². The molecule has 1 amide bonds. The highest BCUT2D eigenvalue weighted by Crippen LogP contribution is 1.74. The van der Waals surface area contributed by atoms with Crippen LogP contribution in [-0.4, -0.2) is 32.5 Å². The zero-order valence-corrected chi connectivity index (χ0v) is 6.85. The SMILES string of the molecule is CN=C(N)NCCC(=O)NC. The van der Waals surface area contributed by atoms with Crippen molar-refractivity contribution < 1.29 is 4.79 Å². The molecule has 0 aliphatic rings. The molecule has 0 aromatic heterocycles. The van der Waals surface area contributed by atoms with Gasteiger partial charge in [0, 0.05) is 27.1 Å². The maximum Gasteiger partial charge on any atom is 0.221 e. The summed E-state index contributed by atoms with van der Waals surface area (Å²) in [6, 6.07) is 0. The minimum atomic E-state index is -0.0126. The van der Waals surface area contributed by atoms with E-state index in [1.165, 1.54) is 0 Å². The van der Waals surface area contributed by atoms with E-state index in [0.717, 1.165) is 0 Å². The van der Waals surface area contributed by atoms with Gasteiger partial charge in [0.25, 0.3) is 0 Å². The first kappa shape index (κ1) is 9.74. The third-order valence-corrected chi connectivity index (χ3v) is 1.18. The fourth-order valence-electron chi connectivity index (χ4n) is 0.508. The molecule has 0 aromatic rings. The molecule has 0 saturated heterocycles. The van der Waals surface area contributed by atoms with Crippen molar-refractivity contribution in [2.45, 2.75) is 6.42 Å². The van der Waals surface area contributed by atoms with Gasteiger partial charge < -0.3 is 16.4 Å². The zero-order chi connectivity index (χ0) is 8.69. The van der Waals surface area contributed by atoms with Crippen LogP contribution in [0.5, 0.6) is 0 Å². The first-order chi connectivity index (χ1) is 5.20. The summed E-state index contributed by atoms with van der Waals surface area (Å²) >= 11 is 0. The van der Waals surface area contributed by atoms with E-state index in [9.17, 15) is 4.79 Å². The van der Waals surface area contributed by atoms with Gasteiger partial charge in [-0.1, -0.05) is 0 Å². The number of nitrogens with one attached hydrogen (secondary N) is 2. The van der Waals surface area contributed by atoms with Gasteiger partial charge in [-0.3, -0.25) is 9.79 Å². The average Bonchev–Trinajstić information content (AvgIpc) is 2.04. The molecule has 0 atom stereocenters. The maximum absolute atomic E-state index is 10.6. The normalized spacial score (nSPS) is 10.9. The highest BCUT2D eigenvalue weighted by molar-refractivity contribution is 5.79. The maximum atomic E-state index is 10.6. The molecule has 0 aliphatic heterocycles. The van der Waals surface area contributed by atoms with Crippen molar-refractivity contribution in [2.24, 2.45) is 10.7 Å². The van der Waals surface area contributed by atoms with E-state index in [1.807, 2.05) is 0 Å². The standard InChI is InChI=1S/C6H14N4O/c1-8-5(11)3-4-10-6(7)9-2/h3-4H2,1-2H3,(H,8,11)(H3,7,9,10). The van der Waals surface area contributed by atoms with Gasteiger partial charge >= 0.3 is 0 Å². The fraction of sp³-hybridized carbons (Fsp3) is 0.667. The van der Waals surface area contributed by atoms with E-state index in [4.69, 9.17) is 5.73 Å². The molecule has 0 unspecified atom stereocenters. The number of carbonyl (C=O) groups is 1. The summed E-state index contributed by atoms with van der Waals surface area (Å²) in [5.41, 5.74) is 5.31. The van der Waals surface area contributed by atoms with Gasteiger partial charge in [0.05, 0.1) is 0 Å². The van der Waals surface area contributed by atoms with Crippen LogP contribution in [0.3, 0.4) is 0 Å². The number of guanidine groups is 1. The van der Waals surface area contributed by atoms with Crippen molar-refractivity contribution in [3.63, 3.8) is 0 Å². The summed E-state index contributed by atoms with van der Waals surface area (Å²) in [5, 5.41) is 5.26. The molecule has 5 nitrogen and oxygen atoms in total. The molecule has 0 heterocycles. The summed E-state index contributed by atoms with van der Waals surface area (Å²) in [6.45, 7) is 0.517. The average molecular weight is 158 g/mol. The van der Waals surface area contributed by atoms with E-state index in [2.05, 4.69) is 15.6 Å². The second-order valence-electron chi connectivity index (χ2n) is 1.96. The van der Waals surface area contributed by atoms with Gasteiger partial charge in [-0.2, -0.15) is 0 Å². The molecule has 0 spiro atoms. The zero-order valence-electron chi connectivity index (χ0n) is 6.85. The van der Waals surface area contributed by atoms with E-state index in [1.54, 1.807) is 14.1 Å². The molecular weight excluding hydrogens is 144 g/mol. The molecule has 0 fully saturated rings. The number of carbonyl (C=O) groups excluding carboxylic acids is 1. The Morgan fingerprint density at radius 2 is 2.27 bits per heavy atom. The van der Waals surface area contributed by atoms with E-state index < -0.39 is 0 Å². The van der Waals surface area contributed by atoms with Crippen LogP contribution in [0.25, 0.3) is 0 Å². The molecule has 0 radical (unpaired) electrons. The fourth-order valence-corrected chi connectivity index (χ4v) is 0.508. The number of aliphatic imine (C=N–C) groups is 1. The lowest BCUT2D eigenvalue weighted by atomic mass is 10.4. The number of hydrogen-bond donors (Lipinski definition) is 3. The lowest BCUT2D eigenvalue weighted by Crippen LogP contribution is -2.34. The van der Waals surface area contributed by atoms with Crippen LogP contribution in [-0.2, 0) is 4.79 Å². The van der Waals surface area contributed by atoms with E-state index in [-0.39, 0.29) is 5.91 Å². The van der Waals surface area contributed by atoms with Crippen LogP contribution < -0.4 is 16.4 Å². The Balaban J connectivity index is 3.35. The lowest BCUT2D eigenvalue weighted by Gasteiger charge is -2.02. The van der Waals surface area contributed by atoms with Crippen molar-refractivity contribution in [3.8, 4) is 0 Å². The van der Waals surface area contributed by atoms with Crippen LogP contribution in [0.15, 0.2) is 4.99 Å². The highest BCUT2D eigenvalue weighted by atomic mass is 16.1. The Hall–Kier alpha value is -1.26. The third-order valence-electron chi connectivity index (χ3n) is 1.18. The smallest absolute Gasteiger partial charge is 0.221 e. The van der Waals surface area contributed by atoms with Gasteiger partial charge in [0.15, 0.2) is 5.96 Å². The van der Waals surface area contributed by atoms with Crippen LogP contribution in [0.4, 0.5) is 0 Å². The van der Waals surface area contributed by atoms with Crippen LogP contribution in [0, 0.1) is 0 Å². The van der Waals surface area contributed by atoms with E-state index in [0.29, 0.717) is 18.9 Å². The van der Waals surface area contributed by atoms with Gasteiger partial charge in [-0.15, -0.1) is 0 Å². The van der Waals surface area contributed by atoms with Crippen LogP contribution in [0.2, 0.25) is 0 Å². The molecular formula is C6H14N4O. The summed E-state index contributed by atoms with van der Waals surface area (Å²) < 4.78 is 0. The van der Waals surface area contributed by atoms with Crippen molar-refractivity contribution in [2.75, 3.05) is 20.6 Å². The van der Waals surface area contributed by atoms with Crippen LogP contribution in [0.1, 0.15) is 6.42 Å². The van der Waals surface area contributed by atoms with Crippen molar-refractivity contribution in [1.82, 2.24) is 10.6 Å². The molecule has 0 aliphatic carbocycles. The van der Waals surface area contributed by atoms with Gasteiger partial charge in [0.2, 0.25) is 5.91 Å². The molecule has 0 rings (SSSR count). The Morgan fingerprint density at radius 1 is 1.64 bits per heavy atom. The largest absolute Gasteiger partial charge is 0.370 e. The summed E-state index contributed by atoms with van der Waals surface area (Å²) in [6.07, 6.45) is 0.409. The monoisotopic (exact) mass is 158 g/mol. The molecule has 0 bridgehead atoms. The van der Waals surface area contributed by atoms with Gasteiger partial charge in [-0.05, 0) is 0 Å². The number of hydrogen-bond acceptors (Lipinski definition) is 2. The summed E-state index contributed by atoms with van der Waals surface area (Å²) in [5.74, 6) is 0.343. The van der Waals surface area contributed by atoms with Crippen molar-refractivity contribution in [1.29, 1.82) is 0 Å². The quantitative estimate of drug-likeness (QED) is 0.351. The second-order valence-corrected chi connectivity index (χ2v) is 1.96. The molecule has 11 heavy (non-hydrogen) atoms. The predicted octanol–water partition coefficient (Wildman–Crippen LogP) is -1.34. The Labute approximate surface area is 66.1 Å². The van der Waals surface area contributed by atoms with Gasteiger partial charge in [-0.25, -0.2) is 0 Å². The number of nitrogens with two attached hydrogens (primary N) is 1. The Bertz CT molecular complexity index is 155. The minimum absolute atomic E-state index is 0.0126. The molecule has 4 N–H and O–H groups in total. The molecule has 0 aromatic carbocycles. The lowest BCUT2D eigenvalue weighted by molar-refractivity contribution is -0.120. The Morgan fingerprint density at radius 3 is 2.73 bits per heavy atom. The number of amides is 1. The summed E-state index contributed by atoms with van der Waals surface area (Å²) in [7, 11) is 3.18. The first-order valence-electron chi connectivity index (χ1n) is 3.37. The van der Waals surface area contributed by atoms with Crippen LogP contribution >= 0.6 is 0 Å². The molecule has 64 valence electrons. The predicted molar refractivity (Wildman–Crippen MR) is 44.2 cm³/mol. The Kier molecular flexibility index (Phi) is 4.89. The molecule has 0 saturated carbocycles. The second kappa shape index (κ2) is 5.52.